The Balaban J connectivity index is 1.21. The van der Waals surface area contributed by atoms with E-state index in [4.69, 9.17) is 42.7 Å². The molecule has 0 radical (unpaired) electrons. The quantitative estimate of drug-likeness (QED) is 0.0342. The topological polar surface area (TPSA) is 401 Å². The normalized spacial score (nSPS) is 21.0. The fraction of sp³-hybridized carbons (Fsp3) is 0.516. The number of phosphoric acid groups is 3. The molecule has 4 rings (SSSR count). The van der Waals surface area contributed by atoms with Crippen LogP contribution >= 0.6 is 58.4 Å². The molecule has 1 aliphatic rings. The van der Waals surface area contributed by atoms with Crippen LogP contribution in [0.2, 0.25) is 10.0 Å². The van der Waals surface area contributed by atoms with Gasteiger partial charge in [-0.3, -0.25) is 37.3 Å². The molecule has 2 amide bonds. The Morgan fingerprint density at radius 2 is 1.71 bits per heavy atom. The minimum Gasteiger partial charge on any atom is -0.480 e. The van der Waals surface area contributed by atoms with Crippen LogP contribution in [0.25, 0.3) is 11.2 Å². The summed E-state index contributed by atoms with van der Waals surface area (Å²) < 4.78 is 62.2. The molecule has 0 saturated carbocycles. The molecule has 3 unspecified atom stereocenters. The number of carboxylic acids is 1. The fourth-order valence-corrected chi connectivity index (χ4v) is 9.80. The number of hydrogen-bond donors (Lipinski definition) is 10. The lowest BCUT2D eigenvalue weighted by atomic mass is 9.87. The van der Waals surface area contributed by atoms with E-state index >= 15 is 0 Å². The molecule has 1 fully saturated rings. The molecule has 8 atom stereocenters. The Morgan fingerprint density at radius 3 is 2.37 bits per heavy atom. The number of benzene rings is 1. The molecule has 63 heavy (non-hydrogen) atoms. The van der Waals surface area contributed by atoms with Gasteiger partial charge in [-0.2, -0.15) is 4.31 Å². The van der Waals surface area contributed by atoms with Gasteiger partial charge in [-0.1, -0.05) is 37.0 Å². The molecule has 3 aromatic rings. The Bertz CT molecular complexity index is 2310. The molecule has 26 nitrogen and oxygen atoms in total. The minimum atomic E-state index is -5.61. The Hall–Kier alpha value is -3.17. The van der Waals surface area contributed by atoms with E-state index in [0.29, 0.717) is 5.02 Å². The summed E-state index contributed by atoms with van der Waals surface area (Å²) in [7, 11) is -16.5. The van der Waals surface area contributed by atoms with E-state index in [1.807, 2.05) is 0 Å². The largest absolute Gasteiger partial charge is 0.481 e. The maximum atomic E-state index is 12.7. The number of imidazole rings is 1. The summed E-state index contributed by atoms with van der Waals surface area (Å²) >= 11 is 12.8. The van der Waals surface area contributed by atoms with E-state index in [1.165, 1.54) is 32.0 Å². The number of ether oxygens (including phenoxy) is 1. The predicted octanol–water partition coefficient (Wildman–Crippen LogP) is 1.17. The number of ketones is 1. The van der Waals surface area contributed by atoms with Crippen LogP contribution in [0.4, 0.5) is 5.82 Å². The first-order valence-electron chi connectivity index (χ1n) is 17.9. The number of nitrogens with one attached hydrogen (secondary N) is 2. The number of nitrogens with two attached hydrogens (primary N) is 1. The van der Waals surface area contributed by atoms with Crippen LogP contribution in [0.15, 0.2) is 30.9 Å². The van der Waals surface area contributed by atoms with E-state index in [-0.39, 0.29) is 59.3 Å². The molecule has 1 aliphatic heterocycles. The first-order chi connectivity index (χ1) is 29.2. The van der Waals surface area contributed by atoms with Crippen LogP contribution in [0.5, 0.6) is 0 Å². The number of Topliss-reactive ketones (excluding diaryl/α,β-unsaturated/α-hetero) is 1. The van der Waals surface area contributed by atoms with Crippen LogP contribution in [-0.2, 0) is 50.7 Å². The highest BCUT2D eigenvalue weighted by Gasteiger charge is 2.50. The smallest absolute Gasteiger partial charge is 0.480 e. The van der Waals surface area contributed by atoms with Crippen molar-refractivity contribution in [2.45, 2.75) is 62.6 Å². The van der Waals surface area contributed by atoms with Crippen LogP contribution in [0, 0.1) is 5.41 Å². The van der Waals surface area contributed by atoms with Crippen LogP contribution in [0.3, 0.4) is 0 Å². The summed E-state index contributed by atoms with van der Waals surface area (Å²) in [5.41, 5.74) is 4.27. The van der Waals surface area contributed by atoms with E-state index < -0.39 is 102 Å². The summed E-state index contributed by atoms with van der Waals surface area (Å²) in [6, 6.07) is 4.18. The number of nitrogen functional groups attached to an aromatic ring is 1. The lowest BCUT2D eigenvalue weighted by Gasteiger charge is -2.30. The van der Waals surface area contributed by atoms with Crippen LogP contribution in [0.1, 0.15) is 43.3 Å². The number of rotatable bonds is 24. The summed E-state index contributed by atoms with van der Waals surface area (Å²) in [6.07, 6.45) is -7.61. The molecular weight excluding hydrogens is 970 g/mol. The summed E-state index contributed by atoms with van der Waals surface area (Å²) in [4.78, 5) is 100. The molecule has 32 heteroatoms. The number of nitrogens with zero attached hydrogens (tertiary/aromatic N) is 4. The number of amides is 2. The standard InChI is InChI=1S/C31H42Cl2N7O19P3S/c1-31(2,25(44)28(45)36-6-5-21(42)35-7-8-63-20(30(46)47)10-18(41)16-4-3-15(32)9-17(16)33)12-56-62(53,54)59-61(51,52)55-11-19-24(58-60(48,49)50)23(43)29(57-19)40-14-39-22-26(34)37-13-38-27(22)40/h3-4,9,13-14,19-20,23-25,29,43-44H,5-8,10-12H2,1-2H3,(H,35,42)(H,36,45)(H,46,47)(H,51,52)(H,53,54)(H2,34,37,38)(H2,48,49,50)/t19-,20?,23-,24-,25+,29-/m1/s1. The summed E-state index contributed by atoms with van der Waals surface area (Å²) in [6.45, 7) is 0.0298. The van der Waals surface area contributed by atoms with Gasteiger partial charge in [0.15, 0.2) is 23.5 Å². The van der Waals surface area contributed by atoms with Gasteiger partial charge in [0, 0.05) is 47.7 Å². The number of aliphatic hydroxyl groups is 2. The fourth-order valence-electron chi connectivity index (χ4n) is 5.54. The van der Waals surface area contributed by atoms with Crippen molar-refractivity contribution in [3.05, 3.63) is 46.5 Å². The highest BCUT2D eigenvalue weighted by molar-refractivity contribution is 8.00. The lowest BCUT2D eigenvalue weighted by molar-refractivity contribution is -0.137. The Kier molecular flexibility index (Phi) is 18.2. The Labute approximate surface area is 370 Å². The number of anilines is 1. The average molecular weight is 1010 g/mol. The van der Waals surface area contributed by atoms with Crippen molar-refractivity contribution in [1.29, 1.82) is 0 Å². The highest BCUT2D eigenvalue weighted by Crippen LogP contribution is 2.61. The second-order valence-electron chi connectivity index (χ2n) is 14.0. The number of carbonyl (C=O) groups excluding carboxylic acids is 3. The molecule has 0 bridgehead atoms. The maximum Gasteiger partial charge on any atom is 0.481 e. The number of phosphoric ester groups is 3. The van der Waals surface area contributed by atoms with Crippen molar-refractivity contribution in [1.82, 2.24) is 30.2 Å². The van der Waals surface area contributed by atoms with Crippen LogP contribution < -0.4 is 16.4 Å². The number of carbonyl (C=O) groups is 4. The first-order valence-corrected chi connectivity index (χ1v) is 24.2. The third-order valence-electron chi connectivity index (χ3n) is 8.70. The van der Waals surface area contributed by atoms with E-state index in [9.17, 15) is 67.8 Å². The molecule has 3 heterocycles. The zero-order chi connectivity index (χ0) is 47.1. The molecule has 1 aromatic carbocycles. The van der Waals surface area contributed by atoms with Crippen LogP contribution in [-0.4, -0.2) is 140 Å². The van der Waals surface area contributed by atoms with Gasteiger partial charge in [0.25, 0.3) is 0 Å². The number of aliphatic hydroxyl groups excluding tert-OH is 2. The monoisotopic (exact) mass is 1010 g/mol. The molecular formula is C31H42Cl2N7O19P3S. The van der Waals surface area contributed by atoms with Crippen molar-refractivity contribution in [2.24, 2.45) is 5.41 Å². The van der Waals surface area contributed by atoms with Crippen molar-refractivity contribution >= 4 is 99.0 Å². The van der Waals surface area contributed by atoms with Gasteiger partial charge in [-0.05, 0) is 18.2 Å². The molecule has 0 aliphatic carbocycles. The molecule has 350 valence electrons. The maximum absolute atomic E-state index is 12.7. The van der Waals surface area contributed by atoms with E-state index in [0.717, 1.165) is 29.0 Å². The van der Waals surface area contributed by atoms with Gasteiger partial charge in [-0.25, -0.2) is 28.6 Å². The van der Waals surface area contributed by atoms with Crippen molar-refractivity contribution in [3.63, 3.8) is 0 Å². The summed E-state index contributed by atoms with van der Waals surface area (Å²) in [5.74, 6) is -3.33. The Morgan fingerprint density at radius 1 is 1.03 bits per heavy atom. The average Bonchev–Trinajstić information content (AvgIpc) is 3.73. The van der Waals surface area contributed by atoms with Crippen molar-refractivity contribution in [2.75, 3.05) is 37.8 Å². The SMILES string of the molecule is CC(C)(COP(=O)(O)OP(=O)(O)OC[C@H]1O[C@@H](n2cnc3c(N)ncnc32)[C@H](O)[C@@H]1OP(=O)(O)O)[C@@H](O)C(=O)NCCC(=O)NCCSC(CC(=O)c1ccc(Cl)cc1Cl)C(=O)O. The number of thioether (sulfide) groups is 1. The zero-order valence-corrected chi connectivity index (χ0v) is 37.7. The number of carboxylic acid groups (broad SMARTS) is 1. The minimum absolute atomic E-state index is 0.000939. The zero-order valence-electron chi connectivity index (χ0n) is 32.7. The van der Waals surface area contributed by atoms with Crippen molar-refractivity contribution < 1.29 is 90.4 Å². The van der Waals surface area contributed by atoms with Gasteiger partial charge in [-0.15, -0.1) is 11.8 Å². The number of fused-ring (bicyclic) bond motifs is 1. The number of halogens is 2. The molecule has 0 spiro atoms. The van der Waals surface area contributed by atoms with E-state index in [1.54, 1.807) is 0 Å². The number of aromatic nitrogens is 4. The second-order valence-corrected chi connectivity index (χ2v) is 20.4. The third kappa shape index (κ3) is 15.2. The lowest BCUT2D eigenvalue weighted by Crippen LogP contribution is -2.46. The van der Waals surface area contributed by atoms with E-state index in [2.05, 4.69) is 34.4 Å². The van der Waals surface area contributed by atoms with Gasteiger partial charge in [0.2, 0.25) is 11.8 Å². The third-order valence-corrected chi connectivity index (χ3v) is 13.6. The predicted molar refractivity (Wildman–Crippen MR) is 219 cm³/mol. The van der Waals surface area contributed by atoms with Gasteiger partial charge >= 0.3 is 29.4 Å². The highest BCUT2D eigenvalue weighted by atomic mass is 35.5. The molecule has 1 saturated heterocycles. The molecule has 2 aromatic heterocycles. The first kappa shape index (κ1) is 52.5. The molecule has 11 N–H and O–H groups in total. The van der Waals surface area contributed by atoms with Gasteiger partial charge in [0.1, 0.15) is 41.5 Å². The van der Waals surface area contributed by atoms with Gasteiger partial charge < -0.3 is 56.0 Å². The number of hydrogen-bond acceptors (Lipinski definition) is 19. The summed E-state index contributed by atoms with van der Waals surface area (Å²) in [5, 5.41) is 35.1. The number of aliphatic carboxylic acids is 1. The van der Waals surface area contributed by atoms with Gasteiger partial charge in [0.05, 0.1) is 24.6 Å². The second kappa shape index (κ2) is 21.9. The van der Waals surface area contributed by atoms with Crippen molar-refractivity contribution in [3.8, 4) is 0 Å².